The molecule has 2 aliphatic heterocycles. The second-order valence-electron chi connectivity index (χ2n) is 6.78. The number of anilines is 1. The molecule has 2 fully saturated rings. The van der Waals surface area contributed by atoms with Gasteiger partial charge in [0.25, 0.3) is 0 Å². The second-order valence-corrected chi connectivity index (χ2v) is 6.78. The van der Waals surface area contributed by atoms with Crippen LogP contribution in [0, 0.1) is 5.92 Å². The number of benzene rings is 1. The summed E-state index contributed by atoms with van der Waals surface area (Å²) in [4.78, 5) is 8.97. The zero-order valence-electron chi connectivity index (χ0n) is 15.8. The van der Waals surface area contributed by atoms with E-state index in [4.69, 9.17) is 9.47 Å². The minimum atomic E-state index is 0. The minimum absolute atomic E-state index is 0. The lowest BCUT2D eigenvalue weighted by Gasteiger charge is -2.29. The molecule has 7 heteroatoms. The van der Waals surface area contributed by atoms with Crippen molar-refractivity contribution < 1.29 is 9.47 Å². The quantitative estimate of drug-likeness (QED) is 0.403. The highest BCUT2D eigenvalue weighted by molar-refractivity contribution is 14.0. The third kappa shape index (κ3) is 5.99. The Bertz CT molecular complexity index is 555. The van der Waals surface area contributed by atoms with Crippen LogP contribution in [0.25, 0.3) is 0 Å². The van der Waals surface area contributed by atoms with E-state index < -0.39 is 0 Å². The fourth-order valence-corrected chi connectivity index (χ4v) is 3.41. The van der Waals surface area contributed by atoms with E-state index in [1.54, 1.807) is 0 Å². The van der Waals surface area contributed by atoms with Crippen molar-refractivity contribution in [3.63, 3.8) is 0 Å². The van der Waals surface area contributed by atoms with Gasteiger partial charge in [-0.3, -0.25) is 4.99 Å². The maximum Gasteiger partial charge on any atom is 0.193 e. The number of nitrogens with one attached hydrogen (secondary N) is 1. The van der Waals surface area contributed by atoms with E-state index in [-0.39, 0.29) is 24.0 Å². The van der Waals surface area contributed by atoms with Crippen molar-refractivity contribution in [1.29, 1.82) is 0 Å². The van der Waals surface area contributed by atoms with Crippen LogP contribution in [-0.2, 0) is 16.0 Å². The van der Waals surface area contributed by atoms with Crippen LogP contribution in [0.3, 0.4) is 0 Å². The number of rotatable bonds is 5. The molecule has 1 N–H and O–H groups in total. The van der Waals surface area contributed by atoms with Gasteiger partial charge in [0, 0.05) is 58.5 Å². The van der Waals surface area contributed by atoms with Gasteiger partial charge in [0.05, 0.1) is 19.8 Å². The van der Waals surface area contributed by atoms with Crippen LogP contribution in [0.2, 0.25) is 0 Å². The maximum atomic E-state index is 5.46. The molecule has 1 unspecified atom stereocenters. The normalized spacial score (nSPS) is 20.6. The van der Waals surface area contributed by atoms with Crippen molar-refractivity contribution in [2.75, 3.05) is 65.1 Å². The van der Waals surface area contributed by atoms with Gasteiger partial charge in [-0.05, 0) is 24.1 Å². The van der Waals surface area contributed by atoms with Crippen molar-refractivity contribution in [2.24, 2.45) is 10.9 Å². The van der Waals surface area contributed by atoms with Crippen molar-refractivity contribution in [2.45, 2.75) is 13.0 Å². The molecule has 1 atom stereocenters. The molecule has 2 saturated heterocycles. The molecule has 1 aromatic rings. The van der Waals surface area contributed by atoms with Gasteiger partial charge in [0.15, 0.2) is 5.96 Å². The molecule has 1 aromatic carbocycles. The first-order chi connectivity index (χ1) is 12.3. The summed E-state index contributed by atoms with van der Waals surface area (Å²) in [6.45, 7) is 7.09. The summed E-state index contributed by atoms with van der Waals surface area (Å²) in [5.74, 6) is 1.54. The minimum Gasteiger partial charge on any atom is -0.381 e. The summed E-state index contributed by atoms with van der Waals surface area (Å²) in [7, 11) is 3.93. The van der Waals surface area contributed by atoms with Gasteiger partial charge in [-0.2, -0.15) is 0 Å². The van der Waals surface area contributed by atoms with Gasteiger partial charge < -0.3 is 24.6 Å². The first-order valence-corrected chi connectivity index (χ1v) is 9.17. The monoisotopic (exact) mass is 474 g/mol. The summed E-state index contributed by atoms with van der Waals surface area (Å²) in [6, 6.07) is 8.78. The first-order valence-electron chi connectivity index (χ1n) is 9.17. The van der Waals surface area contributed by atoms with Gasteiger partial charge in [-0.15, -0.1) is 24.0 Å². The Morgan fingerprint density at radius 3 is 2.54 bits per heavy atom. The van der Waals surface area contributed by atoms with Gasteiger partial charge in [-0.1, -0.05) is 12.1 Å². The molecule has 146 valence electrons. The standard InChI is InChI=1S/C19H30N4O2.HI/c1-20-19(22(2)14-17-7-10-25-15-17)21-13-16-3-5-18(6-4-16)23-8-11-24-12-9-23;/h3-6,17H,7-15H2,1-2H3,(H,20,21);1H. The molecular weight excluding hydrogens is 443 g/mol. The third-order valence-corrected chi connectivity index (χ3v) is 4.89. The molecule has 0 aromatic heterocycles. The number of guanidine groups is 1. The van der Waals surface area contributed by atoms with Gasteiger partial charge in [0.1, 0.15) is 0 Å². The molecule has 0 aliphatic carbocycles. The molecule has 0 saturated carbocycles. The lowest BCUT2D eigenvalue weighted by molar-refractivity contribution is 0.122. The van der Waals surface area contributed by atoms with Crippen LogP contribution >= 0.6 is 24.0 Å². The highest BCUT2D eigenvalue weighted by Crippen LogP contribution is 2.17. The molecule has 26 heavy (non-hydrogen) atoms. The van der Waals surface area contributed by atoms with Crippen LogP contribution in [0.4, 0.5) is 5.69 Å². The third-order valence-electron chi connectivity index (χ3n) is 4.89. The largest absolute Gasteiger partial charge is 0.381 e. The van der Waals surface area contributed by atoms with Crippen molar-refractivity contribution in [1.82, 2.24) is 10.2 Å². The lowest BCUT2D eigenvalue weighted by Crippen LogP contribution is -2.41. The van der Waals surface area contributed by atoms with E-state index in [9.17, 15) is 0 Å². The van der Waals surface area contributed by atoms with E-state index in [0.29, 0.717) is 5.92 Å². The predicted octanol–water partition coefficient (Wildman–Crippen LogP) is 2.18. The van der Waals surface area contributed by atoms with Crippen molar-refractivity contribution >= 4 is 35.6 Å². The summed E-state index contributed by atoms with van der Waals surface area (Å²) >= 11 is 0. The number of hydrogen-bond acceptors (Lipinski definition) is 4. The van der Waals surface area contributed by atoms with E-state index in [0.717, 1.165) is 65.0 Å². The van der Waals surface area contributed by atoms with Crippen LogP contribution < -0.4 is 10.2 Å². The van der Waals surface area contributed by atoms with Crippen LogP contribution in [0.15, 0.2) is 29.3 Å². The van der Waals surface area contributed by atoms with Crippen molar-refractivity contribution in [3.8, 4) is 0 Å². The summed E-state index contributed by atoms with van der Waals surface area (Å²) < 4.78 is 10.9. The van der Waals surface area contributed by atoms with Crippen LogP contribution in [0.1, 0.15) is 12.0 Å². The Hall–Kier alpha value is -1.06. The zero-order chi connectivity index (χ0) is 17.5. The number of hydrogen-bond donors (Lipinski definition) is 1. The van der Waals surface area contributed by atoms with Gasteiger partial charge in [0.2, 0.25) is 0 Å². The number of halogens is 1. The van der Waals surface area contributed by atoms with E-state index in [1.807, 2.05) is 7.05 Å². The lowest BCUT2D eigenvalue weighted by atomic mass is 10.1. The van der Waals surface area contributed by atoms with Gasteiger partial charge >= 0.3 is 0 Å². The molecule has 2 aliphatic rings. The first kappa shape index (κ1) is 21.2. The molecule has 0 bridgehead atoms. The summed E-state index contributed by atoms with van der Waals surface area (Å²) in [5.41, 5.74) is 2.53. The fourth-order valence-electron chi connectivity index (χ4n) is 3.41. The van der Waals surface area contributed by atoms with E-state index >= 15 is 0 Å². The second kappa shape index (κ2) is 10.9. The molecular formula is C19H31IN4O2. The molecule has 0 amide bonds. The molecule has 3 rings (SSSR count). The number of ether oxygens (including phenoxy) is 2. The molecule has 0 radical (unpaired) electrons. The Balaban J connectivity index is 0.00000243. The Kier molecular flexibility index (Phi) is 8.94. The smallest absolute Gasteiger partial charge is 0.193 e. The molecule has 2 heterocycles. The van der Waals surface area contributed by atoms with E-state index in [2.05, 4.69) is 51.4 Å². The highest BCUT2D eigenvalue weighted by atomic mass is 127. The Morgan fingerprint density at radius 1 is 1.19 bits per heavy atom. The SMILES string of the molecule is CN=C(NCc1ccc(N2CCOCC2)cc1)N(C)CC1CCOC1.I. The summed E-state index contributed by atoms with van der Waals surface area (Å²) in [5, 5.41) is 3.46. The topological polar surface area (TPSA) is 49.3 Å². The van der Waals surface area contributed by atoms with Crippen LogP contribution in [-0.4, -0.2) is 71.0 Å². The number of nitrogens with zero attached hydrogens (tertiary/aromatic N) is 3. The molecule has 6 nitrogen and oxygen atoms in total. The maximum absolute atomic E-state index is 5.46. The molecule has 0 spiro atoms. The van der Waals surface area contributed by atoms with Crippen LogP contribution in [0.5, 0.6) is 0 Å². The Morgan fingerprint density at radius 2 is 1.92 bits per heavy atom. The Labute approximate surface area is 173 Å². The van der Waals surface area contributed by atoms with E-state index in [1.165, 1.54) is 11.3 Å². The highest BCUT2D eigenvalue weighted by Gasteiger charge is 2.19. The van der Waals surface area contributed by atoms with Gasteiger partial charge in [-0.25, -0.2) is 0 Å². The fraction of sp³-hybridized carbons (Fsp3) is 0.632. The average molecular weight is 474 g/mol. The summed E-state index contributed by atoms with van der Waals surface area (Å²) in [6.07, 6.45) is 1.14. The zero-order valence-corrected chi connectivity index (χ0v) is 18.1. The average Bonchev–Trinajstić information content (AvgIpc) is 3.16. The number of morpholine rings is 1. The number of aliphatic imine (C=N–C) groups is 1. The van der Waals surface area contributed by atoms with Crippen molar-refractivity contribution in [3.05, 3.63) is 29.8 Å². The predicted molar refractivity (Wildman–Crippen MR) is 117 cm³/mol.